The first-order valence-corrected chi connectivity index (χ1v) is 10.8. The number of aliphatic hydroxyl groups is 1. The van der Waals surface area contributed by atoms with Crippen molar-refractivity contribution in [2.24, 2.45) is 5.41 Å². The smallest absolute Gasteiger partial charge is 0.246 e. The van der Waals surface area contributed by atoms with Crippen molar-refractivity contribution in [2.75, 3.05) is 18.5 Å². The maximum Gasteiger partial charge on any atom is 0.246 e. The quantitative estimate of drug-likeness (QED) is 0.653. The molecular weight excluding hydrogens is 382 g/mol. The highest BCUT2D eigenvalue weighted by atomic mass is 32.2. The lowest BCUT2D eigenvalue weighted by Crippen LogP contribution is -2.46. The number of amides is 2. The fourth-order valence-corrected chi connectivity index (χ4v) is 4.57. The first-order valence-electron chi connectivity index (χ1n) is 9.31. The summed E-state index contributed by atoms with van der Waals surface area (Å²) in [6.45, 7) is 7.04. The van der Waals surface area contributed by atoms with Crippen LogP contribution < -0.4 is 10.6 Å². The second-order valence-corrected chi connectivity index (χ2v) is 9.94. The van der Waals surface area contributed by atoms with Gasteiger partial charge >= 0.3 is 0 Å². The molecule has 1 heterocycles. The van der Waals surface area contributed by atoms with Gasteiger partial charge in [0.25, 0.3) is 0 Å². The highest BCUT2D eigenvalue weighted by Crippen LogP contribution is 2.26. The van der Waals surface area contributed by atoms with Gasteiger partial charge in [0.1, 0.15) is 6.04 Å². The minimum atomic E-state index is -3.69. The Morgan fingerprint density at radius 1 is 1.25 bits per heavy atom. The predicted molar refractivity (Wildman–Crippen MR) is 106 cm³/mol. The molecule has 1 aromatic carbocycles. The summed E-state index contributed by atoms with van der Waals surface area (Å²) in [5.41, 5.74) is -0.173. The second-order valence-electron chi connectivity index (χ2n) is 8.05. The topological polar surface area (TPSA) is 116 Å². The number of nitrogens with zero attached hydrogens (tertiary/aromatic N) is 1. The zero-order valence-electron chi connectivity index (χ0n) is 16.7. The highest BCUT2D eigenvalue weighted by molar-refractivity contribution is 7.89. The monoisotopic (exact) mass is 411 g/mol. The van der Waals surface area contributed by atoms with Crippen LogP contribution in [0, 0.1) is 5.41 Å². The average Bonchev–Trinajstić information content (AvgIpc) is 3.11. The molecule has 8 nitrogen and oxygen atoms in total. The number of rotatable bonds is 6. The van der Waals surface area contributed by atoms with E-state index in [0.29, 0.717) is 18.7 Å². The van der Waals surface area contributed by atoms with E-state index in [1.807, 2.05) is 0 Å². The van der Waals surface area contributed by atoms with E-state index >= 15 is 0 Å². The molecule has 156 valence electrons. The van der Waals surface area contributed by atoms with Gasteiger partial charge in [-0.1, -0.05) is 20.8 Å². The third kappa shape index (κ3) is 5.09. The first-order chi connectivity index (χ1) is 13.0. The highest BCUT2D eigenvalue weighted by Gasteiger charge is 2.34. The van der Waals surface area contributed by atoms with Gasteiger partial charge in [0.2, 0.25) is 21.8 Å². The molecule has 0 spiro atoms. The lowest BCUT2D eigenvalue weighted by atomic mass is 9.95. The summed E-state index contributed by atoms with van der Waals surface area (Å²) < 4.78 is 26.8. The number of sulfonamides is 1. The maximum atomic E-state index is 12.7. The van der Waals surface area contributed by atoms with Crippen molar-refractivity contribution in [1.29, 1.82) is 0 Å². The summed E-state index contributed by atoms with van der Waals surface area (Å²) >= 11 is 0. The number of nitrogens with one attached hydrogen (secondary N) is 2. The summed E-state index contributed by atoms with van der Waals surface area (Å²) in [6.07, 6.45) is 1.36. The molecule has 3 N–H and O–H groups in total. The molecule has 2 amide bonds. The minimum absolute atomic E-state index is 0.111. The van der Waals surface area contributed by atoms with Crippen molar-refractivity contribution in [3.05, 3.63) is 24.3 Å². The van der Waals surface area contributed by atoms with Crippen LogP contribution in [0.2, 0.25) is 0 Å². The molecular formula is C19H29N3O5S. The number of hydrogen-bond acceptors (Lipinski definition) is 5. The summed E-state index contributed by atoms with van der Waals surface area (Å²) in [4.78, 5) is 24.4. The van der Waals surface area contributed by atoms with Crippen molar-refractivity contribution in [3.8, 4) is 0 Å². The zero-order valence-corrected chi connectivity index (χ0v) is 17.5. The Morgan fingerprint density at radius 3 is 2.39 bits per heavy atom. The van der Waals surface area contributed by atoms with E-state index in [2.05, 4.69) is 10.6 Å². The molecule has 9 heteroatoms. The largest absolute Gasteiger partial charge is 0.395 e. The Kier molecular flexibility index (Phi) is 6.84. The minimum Gasteiger partial charge on any atom is -0.395 e. The number of anilines is 1. The molecule has 1 aliphatic heterocycles. The number of aliphatic hydroxyl groups excluding tert-OH is 1. The van der Waals surface area contributed by atoms with Crippen molar-refractivity contribution in [1.82, 2.24) is 9.62 Å². The normalized spacial score (nSPS) is 19.2. The predicted octanol–water partition coefficient (Wildman–Crippen LogP) is 1.32. The SMILES string of the molecule is C[C@H](NC(=O)C(C)(C)C)C(=O)Nc1ccc(S(=O)(=O)N2CCC[C@H]2CO)cc1. The second kappa shape index (κ2) is 8.59. The van der Waals surface area contributed by atoms with Gasteiger partial charge < -0.3 is 15.7 Å². The molecule has 0 bridgehead atoms. The molecule has 2 rings (SSSR count). The van der Waals surface area contributed by atoms with Gasteiger partial charge in [0.15, 0.2) is 0 Å². The number of carbonyl (C=O) groups is 2. The fraction of sp³-hybridized carbons (Fsp3) is 0.579. The molecule has 1 aliphatic rings. The van der Waals surface area contributed by atoms with Crippen LogP contribution in [-0.2, 0) is 19.6 Å². The van der Waals surface area contributed by atoms with Gasteiger partial charge in [-0.05, 0) is 44.0 Å². The van der Waals surface area contributed by atoms with Crippen LogP contribution in [0.4, 0.5) is 5.69 Å². The summed E-state index contributed by atoms with van der Waals surface area (Å²) in [5, 5.41) is 14.7. The van der Waals surface area contributed by atoms with E-state index in [-0.39, 0.29) is 17.4 Å². The van der Waals surface area contributed by atoms with Crippen LogP contribution in [0.1, 0.15) is 40.5 Å². The van der Waals surface area contributed by atoms with E-state index in [0.717, 1.165) is 6.42 Å². The van der Waals surface area contributed by atoms with Gasteiger partial charge in [0.05, 0.1) is 11.5 Å². The van der Waals surface area contributed by atoms with Gasteiger partial charge in [-0.15, -0.1) is 0 Å². The van der Waals surface area contributed by atoms with Crippen LogP contribution >= 0.6 is 0 Å². The fourth-order valence-electron chi connectivity index (χ4n) is 2.88. The lowest BCUT2D eigenvalue weighted by Gasteiger charge is -2.23. The Hall–Kier alpha value is -1.97. The van der Waals surface area contributed by atoms with Crippen molar-refractivity contribution in [2.45, 2.75) is 57.5 Å². The van der Waals surface area contributed by atoms with E-state index in [9.17, 15) is 23.1 Å². The molecule has 2 atom stereocenters. The van der Waals surface area contributed by atoms with Crippen LogP contribution in [0.15, 0.2) is 29.2 Å². The molecule has 1 aromatic rings. The molecule has 0 radical (unpaired) electrons. The number of carbonyl (C=O) groups excluding carboxylic acids is 2. The van der Waals surface area contributed by atoms with Gasteiger partial charge in [0, 0.05) is 23.7 Å². The van der Waals surface area contributed by atoms with Crippen LogP contribution in [-0.4, -0.2) is 54.9 Å². The summed E-state index contributed by atoms with van der Waals surface area (Å²) in [7, 11) is -3.69. The molecule has 0 aromatic heterocycles. The zero-order chi connectivity index (χ0) is 21.1. The van der Waals surface area contributed by atoms with Crippen LogP contribution in [0.3, 0.4) is 0 Å². The van der Waals surface area contributed by atoms with Gasteiger partial charge in [-0.3, -0.25) is 9.59 Å². The average molecular weight is 412 g/mol. The van der Waals surface area contributed by atoms with Crippen LogP contribution in [0.5, 0.6) is 0 Å². The summed E-state index contributed by atoms with van der Waals surface area (Å²) in [5.74, 6) is -0.631. The van der Waals surface area contributed by atoms with E-state index in [1.54, 1.807) is 27.7 Å². The van der Waals surface area contributed by atoms with Crippen molar-refractivity contribution >= 4 is 27.5 Å². The van der Waals surface area contributed by atoms with Crippen LogP contribution in [0.25, 0.3) is 0 Å². The Labute approximate surface area is 166 Å². The van der Waals surface area contributed by atoms with Gasteiger partial charge in [-0.25, -0.2) is 8.42 Å². The Morgan fingerprint density at radius 2 is 1.86 bits per heavy atom. The molecule has 0 aliphatic carbocycles. The standard InChI is InChI=1S/C19H29N3O5S/c1-13(20-18(25)19(2,3)4)17(24)21-14-7-9-16(10-8-14)28(26,27)22-11-5-6-15(22)12-23/h7-10,13,15,23H,5-6,11-12H2,1-4H3,(H,20,25)(H,21,24)/t13-,15-/m0/s1. The maximum absolute atomic E-state index is 12.7. The number of hydrogen-bond donors (Lipinski definition) is 3. The van der Waals surface area contributed by atoms with E-state index < -0.39 is 33.4 Å². The van der Waals surface area contributed by atoms with Gasteiger partial charge in [-0.2, -0.15) is 4.31 Å². The molecule has 1 fully saturated rings. The molecule has 0 saturated carbocycles. The molecule has 1 saturated heterocycles. The summed E-state index contributed by atoms with van der Waals surface area (Å²) in [6, 6.07) is 4.74. The molecule has 28 heavy (non-hydrogen) atoms. The first kappa shape index (κ1) is 22.3. The van der Waals surface area contributed by atoms with E-state index in [1.165, 1.54) is 28.6 Å². The van der Waals surface area contributed by atoms with Crippen molar-refractivity contribution < 1.29 is 23.1 Å². The Bertz CT molecular complexity index is 815. The molecule has 0 unspecified atom stereocenters. The lowest BCUT2D eigenvalue weighted by molar-refractivity contribution is -0.131. The number of benzene rings is 1. The Balaban J connectivity index is 2.04. The van der Waals surface area contributed by atoms with E-state index in [4.69, 9.17) is 0 Å². The third-order valence-corrected chi connectivity index (χ3v) is 6.65. The van der Waals surface area contributed by atoms with Crippen molar-refractivity contribution in [3.63, 3.8) is 0 Å². The third-order valence-electron chi connectivity index (χ3n) is 4.68.